The smallest absolute Gasteiger partial charge is 0.320 e. The number of amides is 2. The summed E-state index contributed by atoms with van der Waals surface area (Å²) in [5.74, 6) is 0.960. The van der Waals surface area contributed by atoms with E-state index in [1.807, 2.05) is 55.5 Å². The summed E-state index contributed by atoms with van der Waals surface area (Å²) in [6, 6.07) is 16.7. The molecule has 1 aromatic heterocycles. The number of morpholine rings is 1. The first kappa shape index (κ1) is 24.0. The molecule has 0 bridgehead atoms. The normalized spacial score (nSPS) is 24.0. The number of rotatable bonds is 6. The Labute approximate surface area is 216 Å². The van der Waals surface area contributed by atoms with Gasteiger partial charge in [0.25, 0.3) is 0 Å². The number of likely N-dealkylation sites (N-methyl/N-ethyl adjacent to an activating group) is 1. The van der Waals surface area contributed by atoms with Gasteiger partial charge in [0.15, 0.2) is 0 Å². The van der Waals surface area contributed by atoms with Crippen LogP contribution in [0.4, 0.5) is 10.6 Å². The standard InChI is InChI=1S/C28H33N5O4/c1-18-25(30-27(35)29-23-21-10-6-7-11-22(21)28(12-13-28)24(23)34)33(19-8-4-3-5-9-19)31-26(18)37-17-20-16-32(2)14-15-36-20/h3-11,20,23-24,34H,12-17H2,1-2H3,(H2,29,30,35). The lowest BCUT2D eigenvalue weighted by Gasteiger charge is -2.29. The molecule has 0 radical (unpaired) electrons. The van der Waals surface area contributed by atoms with E-state index in [0.717, 1.165) is 42.7 Å². The van der Waals surface area contributed by atoms with Crippen molar-refractivity contribution in [3.63, 3.8) is 0 Å². The fourth-order valence-electron chi connectivity index (χ4n) is 5.67. The molecule has 2 fully saturated rings. The molecule has 3 N–H and O–H groups in total. The number of benzene rings is 2. The SMILES string of the molecule is Cc1c(OCC2CN(C)CCO2)nn(-c2ccccc2)c1NC(=O)NC1c2ccccc2C2(CC2)C1O. The molecule has 194 valence electrons. The zero-order chi connectivity index (χ0) is 25.6. The van der Waals surface area contributed by atoms with Crippen molar-refractivity contribution < 1.29 is 19.4 Å². The maximum Gasteiger partial charge on any atom is 0.320 e. The van der Waals surface area contributed by atoms with E-state index >= 15 is 0 Å². The summed E-state index contributed by atoms with van der Waals surface area (Å²) in [6.45, 7) is 4.62. The molecule has 9 heteroatoms. The van der Waals surface area contributed by atoms with Crippen LogP contribution in [0.1, 0.15) is 35.6 Å². The quantitative estimate of drug-likeness (QED) is 0.478. The number of para-hydroxylation sites is 1. The number of hydrogen-bond donors (Lipinski definition) is 3. The van der Waals surface area contributed by atoms with Gasteiger partial charge in [-0.25, -0.2) is 9.48 Å². The van der Waals surface area contributed by atoms with Crippen molar-refractivity contribution in [2.75, 3.05) is 38.7 Å². The second kappa shape index (κ2) is 9.48. The molecule has 2 aromatic carbocycles. The van der Waals surface area contributed by atoms with Crippen molar-refractivity contribution in [1.82, 2.24) is 20.0 Å². The van der Waals surface area contributed by atoms with Crippen molar-refractivity contribution in [3.05, 3.63) is 71.3 Å². The van der Waals surface area contributed by atoms with Crippen molar-refractivity contribution in [3.8, 4) is 11.6 Å². The summed E-state index contributed by atoms with van der Waals surface area (Å²) in [5, 5.41) is 21.8. The summed E-state index contributed by atoms with van der Waals surface area (Å²) in [6.07, 6.45) is 1.18. The second-order valence-electron chi connectivity index (χ2n) is 10.4. The van der Waals surface area contributed by atoms with Gasteiger partial charge in [0.2, 0.25) is 5.88 Å². The van der Waals surface area contributed by atoms with Crippen LogP contribution in [-0.2, 0) is 10.2 Å². The number of nitrogens with zero attached hydrogens (tertiary/aromatic N) is 3. The molecule has 2 aliphatic carbocycles. The first-order valence-electron chi connectivity index (χ1n) is 12.9. The zero-order valence-corrected chi connectivity index (χ0v) is 21.2. The minimum atomic E-state index is -0.650. The van der Waals surface area contributed by atoms with Crippen molar-refractivity contribution >= 4 is 11.8 Å². The number of carbonyl (C=O) groups is 1. The lowest BCUT2D eigenvalue weighted by Crippen LogP contribution is -2.42. The monoisotopic (exact) mass is 503 g/mol. The van der Waals surface area contributed by atoms with E-state index in [0.29, 0.717) is 30.5 Å². The lowest BCUT2D eigenvalue weighted by atomic mass is 9.97. The molecule has 3 aliphatic rings. The van der Waals surface area contributed by atoms with Crippen molar-refractivity contribution in [2.45, 2.75) is 43.4 Å². The predicted octanol–water partition coefficient (Wildman–Crippen LogP) is 3.16. The second-order valence-corrected chi connectivity index (χ2v) is 10.4. The van der Waals surface area contributed by atoms with Crippen molar-refractivity contribution in [2.24, 2.45) is 0 Å². The Morgan fingerprint density at radius 3 is 2.70 bits per heavy atom. The number of nitrogens with one attached hydrogen (secondary N) is 2. The number of aliphatic hydroxyl groups is 1. The lowest BCUT2D eigenvalue weighted by molar-refractivity contribution is -0.0411. The number of ether oxygens (including phenoxy) is 2. The molecule has 1 saturated heterocycles. The van der Waals surface area contributed by atoms with Gasteiger partial charge in [-0.2, -0.15) is 0 Å². The summed E-state index contributed by atoms with van der Waals surface area (Å²) in [4.78, 5) is 15.5. The van der Waals surface area contributed by atoms with E-state index in [1.165, 1.54) is 0 Å². The fraction of sp³-hybridized carbons (Fsp3) is 0.429. The van der Waals surface area contributed by atoms with Gasteiger partial charge in [-0.05, 0) is 50.1 Å². The van der Waals surface area contributed by atoms with Crippen LogP contribution >= 0.6 is 0 Å². The average molecular weight is 504 g/mol. The van der Waals surface area contributed by atoms with Crippen LogP contribution in [-0.4, -0.2) is 71.4 Å². The molecule has 9 nitrogen and oxygen atoms in total. The Morgan fingerprint density at radius 1 is 1.19 bits per heavy atom. The highest BCUT2D eigenvalue weighted by molar-refractivity contribution is 5.90. The number of anilines is 1. The summed E-state index contributed by atoms with van der Waals surface area (Å²) in [7, 11) is 2.07. The van der Waals surface area contributed by atoms with Gasteiger partial charge < -0.3 is 24.8 Å². The van der Waals surface area contributed by atoms with Gasteiger partial charge in [0, 0.05) is 18.5 Å². The fourth-order valence-corrected chi connectivity index (χ4v) is 5.67. The molecule has 6 rings (SSSR count). The van der Waals surface area contributed by atoms with Gasteiger partial charge in [0.05, 0.1) is 30.0 Å². The summed E-state index contributed by atoms with van der Waals surface area (Å²) >= 11 is 0. The first-order valence-corrected chi connectivity index (χ1v) is 12.9. The van der Waals surface area contributed by atoms with E-state index in [2.05, 4.69) is 33.7 Å². The van der Waals surface area contributed by atoms with E-state index in [-0.39, 0.29) is 11.5 Å². The van der Waals surface area contributed by atoms with Gasteiger partial charge in [0.1, 0.15) is 18.5 Å². The number of fused-ring (bicyclic) bond motifs is 2. The molecule has 1 saturated carbocycles. The highest BCUT2D eigenvalue weighted by Gasteiger charge is 2.59. The van der Waals surface area contributed by atoms with Gasteiger partial charge in [-0.1, -0.05) is 42.5 Å². The number of urea groups is 1. The zero-order valence-electron chi connectivity index (χ0n) is 21.2. The first-order chi connectivity index (χ1) is 18.0. The molecule has 2 amide bonds. The molecule has 1 spiro atoms. The summed E-state index contributed by atoms with van der Waals surface area (Å²) in [5.41, 5.74) is 3.41. The molecule has 2 heterocycles. The molecular formula is C28H33N5O4. The van der Waals surface area contributed by atoms with E-state index in [1.54, 1.807) is 4.68 Å². The third-order valence-corrected chi connectivity index (χ3v) is 7.85. The molecule has 3 aromatic rings. The largest absolute Gasteiger partial charge is 0.474 e. The van der Waals surface area contributed by atoms with Crippen LogP contribution in [0.3, 0.4) is 0 Å². The van der Waals surface area contributed by atoms with Gasteiger partial charge in [-0.3, -0.25) is 5.32 Å². The number of aromatic nitrogens is 2. The van der Waals surface area contributed by atoms with Crippen LogP contribution < -0.4 is 15.4 Å². The molecule has 3 unspecified atom stereocenters. The van der Waals surface area contributed by atoms with Crippen LogP contribution in [0.2, 0.25) is 0 Å². The Morgan fingerprint density at radius 2 is 1.95 bits per heavy atom. The van der Waals surface area contributed by atoms with Crippen LogP contribution in [0, 0.1) is 6.92 Å². The third-order valence-electron chi connectivity index (χ3n) is 7.85. The summed E-state index contributed by atoms with van der Waals surface area (Å²) < 4.78 is 13.6. The van der Waals surface area contributed by atoms with Gasteiger partial charge >= 0.3 is 6.03 Å². The Hall–Kier alpha value is -3.40. The Balaban J connectivity index is 1.23. The van der Waals surface area contributed by atoms with Gasteiger partial charge in [-0.15, -0.1) is 5.10 Å². The van der Waals surface area contributed by atoms with Crippen LogP contribution in [0.15, 0.2) is 54.6 Å². The molecule has 3 atom stereocenters. The van der Waals surface area contributed by atoms with E-state index < -0.39 is 18.2 Å². The minimum Gasteiger partial charge on any atom is -0.474 e. The molecule has 1 aliphatic heterocycles. The van der Waals surface area contributed by atoms with Crippen molar-refractivity contribution in [1.29, 1.82) is 0 Å². The third kappa shape index (κ3) is 4.37. The van der Waals surface area contributed by atoms with E-state index in [9.17, 15) is 9.90 Å². The molecular weight excluding hydrogens is 470 g/mol. The predicted molar refractivity (Wildman–Crippen MR) is 139 cm³/mol. The minimum absolute atomic E-state index is 0.0431. The average Bonchev–Trinajstić information content (AvgIpc) is 3.62. The maximum atomic E-state index is 13.3. The van der Waals surface area contributed by atoms with Crippen LogP contribution in [0.5, 0.6) is 5.88 Å². The topological polar surface area (TPSA) is 101 Å². The Kier molecular flexibility index (Phi) is 6.14. The number of hydrogen-bond acceptors (Lipinski definition) is 6. The maximum absolute atomic E-state index is 13.3. The Bertz CT molecular complexity index is 1290. The highest BCUT2D eigenvalue weighted by Crippen LogP contribution is 2.59. The van der Waals surface area contributed by atoms with Crippen LogP contribution in [0.25, 0.3) is 5.69 Å². The number of carbonyl (C=O) groups excluding carboxylic acids is 1. The highest BCUT2D eigenvalue weighted by atomic mass is 16.5. The molecule has 37 heavy (non-hydrogen) atoms. The van der Waals surface area contributed by atoms with E-state index in [4.69, 9.17) is 9.47 Å². The number of aliphatic hydroxyl groups excluding tert-OH is 1.